The molecular formula is C19H13BrN2O2. The van der Waals surface area contributed by atoms with Gasteiger partial charge in [-0.05, 0) is 30.3 Å². The molecular weight excluding hydrogens is 368 g/mol. The van der Waals surface area contributed by atoms with Gasteiger partial charge in [-0.15, -0.1) is 0 Å². The van der Waals surface area contributed by atoms with Gasteiger partial charge >= 0.3 is 0 Å². The molecule has 2 aromatic carbocycles. The molecule has 4 rings (SSSR count). The largest absolute Gasteiger partial charge is 0.303 e. The van der Waals surface area contributed by atoms with Crippen LogP contribution in [0.5, 0.6) is 0 Å². The van der Waals surface area contributed by atoms with Crippen molar-refractivity contribution in [1.29, 1.82) is 0 Å². The normalized spacial score (nSPS) is 11.8. The molecule has 2 heterocycles. The molecule has 0 N–H and O–H groups in total. The Balaban J connectivity index is 0.000000143. The van der Waals surface area contributed by atoms with Gasteiger partial charge in [0.2, 0.25) is 0 Å². The van der Waals surface area contributed by atoms with E-state index in [1.807, 2.05) is 48.5 Å². The smallest absolute Gasteiger partial charge is 0.277 e. The van der Waals surface area contributed by atoms with Gasteiger partial charge < -0.3 is 4.79 Å². The van der Waals surface area contributed by atoms with Crippen LogP contribution in [0.3, 0.4) is 0 Å². The predicted molar refractivity (Wildman–Crippen MR) is 97.6 cm³/mol. The summed E-state index contributed by atoms with van der Waals surface area (Å²) in [6.45, 7) is 0. The van der Waals surface area contributed by atoms with Crippen LogP contribution in [0.1, 0.15) is 21.6 Å². The number of aromatic nitrogens is 1. The van der Waals surface area contributed by atoms with E-state index in [4.69, 9.17) is 0 Å². The molecule has 0 bridgehead atoms. The van der Waals surface area contributed by atoms with Crippen LogP contribution in [0.25, 0.3) is 10.9 Å². The maximum Gasteiger partial charge on any atom is 0.277 e. The summed E-state index contributed by atoms with van der Waals surface area (Å²) >= 11 is 3.31. The fraction of sp³-hybridized carbons (Fsp3) is 0.0526. The molecule has 118 valence electrons. The number of rotatable bonds is 2. The van der Waals surface area contributed by atoms with Crippen LogP contribution in [0.2, 0.25) is 0 Å². The van der Waals surface area contributed by atoms with E-state index in [-0.39, 0.29) is 5.91 Å². The van der Waals surface area contributed by atoms with Gasteiger partial charge in [-0.1, -0.05) is 40.2 Å². The molecule has 0 saturated carbocycles. The second kappa shape index (κ2) is 7.27. The van der Waals surface area contributed by atoms with Crippen LogP contribution >= 0.6 is 15.9 Å². The lowest BCUT2D eigenvalue weighted by Gasteiger charge is -1.98. The molecule has 0 fully saturated rings. The van der Waals surface area contributed by atoms with E-state index < -0.39 is 0 Å². The maximum atomic E-state index is 11.0. The molecule has 1 aliphatic rings. The van der Waals surface area contributed by atoms with Crippen molar-refractivity contribution in [2.24, 2.45) is 4.99 Å². The van der Waals surface area contributed by atoms with Crippen LogP contribution in [0.4, 0.5) is 0 Å². The number of hydrogen-bond donors (Lipinski definition) is 0. The highest BCUT2D eigenvalue weighted by Gasteiger charge is 2.14. The summed E-state index contributed by atoms with van der Waals surface area (Å²) in [5, 5.41) is 1.11. The lowest BCUT2D eigenvalue weighted by molar-refractivity contribution is -0.107. The van der Waals surface area contributed by atoms with Crippen molar-refractivity contribution in [3.63, 3.8) is 0 Å². The summed E-state index contributed by atoms with van der Waals surface area (Å²) in [5.41, 5.74) is 3.35. The van der Waals surface area contributed by atoms with Gasteiger partial charge in [-0.3, -0.25) is 9.78 Å². The van der Waals surface area contributed by atoms with E-state index in [0.29, 0.717) is 12.0 Å². The number of carbonyl (C=O) groups is 2. The molecule has 4 nitrogen and oxygen atoms in total. The van der Waals surface area contributed by atoms with Crippen molar-refractivity contribution in [3.05, 3.63) is 75.9 Å². The minimum Gasteiger partial charge on any atom is -0.303 e. The molecule has 3 aromatic rings. The highest BCUT2D eigenvalue weighted by atomic mass is 79.9. The first-order valence-electron chi connectivity index (χ1n) is 7.33. The summed E-state index contributed by atoms with van der Waals surface area (Å²) < 4.78 is 0.970. The van der Waals surface area contributed by atoms with E-state index in [1.54, 1.807) is 12.3 Å². The number of para-hydroxylation sites is 1. The molecule has 0 spiro atoms. The van der Waals surface area contributed by atoms with Gasteiger partial charge in [0.05, 0.1) is 11.1 Å². The maximum absolute atomic E-state index is 11.0. The fourth-order valence-electron chi connectivity index (χ4n) is 2.34. The number of fused-ring (bicyclic) bond motifs is 2. The second-order valence-corrected chi connectivity index (χ2v) is 6.08. The molecule has 5 heteroatoms. The standard InChI is InChI=1S/C11H9NO.C8H4BrNO/c13-8-7-10-6-5-9-3-1-2-4-11(9)12-10;9-6-1-2-7-5(3-6)4-10-8(7)11/h1-6,8H,7H2;1-4H. The Bertz CT molecular complexity index is 951. The number of aliphatic imine (C=N–C) groups is 1. The zero-order valence-electron chi connectivity index (χ0n) is 12.6. The third kappa shape index (κ3) is 3.63. The first-order valence-corrected chi connectivity index (χ1v) is 8.13. The first-order chi connectivity index (χ1) is 11.7. The number of carbonyl (C=O) groups excluding carboxylic acids is 2. The number of hydrogen-bond acceptors (Lipinski definition) is 3. The Morgan fingerprint density at radius 2 is 1.88 bits per heavy atom. The van der Waals surface area contributed by atoms with Crippen molar-refractivity contribution >= 4 is 45.2 Å². The van der Waals surface area contributed by atoms with Crippen LogP contribution in [-0.4, -0.2) is 23.4 Å². The highest BCUT2D eigenvalue weighted by Crippen LogP contribution is 2.19. The molecule has 0 aliphatic carbocycles. The minimum absolute atomic E-state index is 0.146. The highest BCUT2D eigenvalue weighted by molar-refractivity contribution is 9.10. The zero-order chi connectivity index (χ0) is 16.9. The lowest BCUT2D eigenvalue weighted by atomic mass is 10.1. The Labute approximate surface area is 147 Å². The van der Waals surface area contributed by atoms with Gasteiger partial charge in [0, 0.05) is 33.8 Å². The van der Waals surface area contributed by atoms with Crippen LogP contribution < -0.4 is 0 Å². The van der Waals surface area contributed by atoms with Gasteiger partial charge in [0.25, 0.3) is 5.91 Å². The number of halogens is 1. The molecule has 0 radical (unpaired) electrons. The second-order valence-electron chi connectivity index (χ2n) is 5.16. The average Bonchev–Trinajstić information content (AvgIpc) is 2.96. The molecule has 24 heavy (non-hydrogen) atoms. The van der Waals surface area contributed by atoms with Crippen LogP contribution in [0.15, 0.2) is 64.1 Å². The van der Waals surface area contributed by atoms with Gasteiger partial charge in [-0.25, -0.2) is 4.99 Å². The third-order valence-electron chi connectivity index (χ3n) is 3.51. The predicted octanol–water partition coefficient (Wildman–Crippen LogP) is 4.00. The molecule has 0 atom stereocenters. The Hall–Kier alpha value is -2.66. The summed E-state index contributed by atoms with van der Waals surface area (Å²) in [6.07, 6.45) is 2.85. The van der Waals surface area contributed by atoms with Gasteiger partial charge in [0.15, 0.2) is 0 Å². The van der Waals surface area contributed by atoms with Gasteiger partial charge in [0.1, 0.15) is 6.29 Å². The van der Waals surface area contributed by atoms with Crippen LogP contribution in [-0.2, 0) is 11.2 Å². The number of pyridine rings is 1. The zero-order valence-corrected chi connectivity index (χ0v) is 14.2. The molecule has 1 aromatic heterocycles. The Kier molecular flexibility index (Phi) is 4.91. The van der Waals surface area contributed by atoms with Crippen LogP contribution in [0, 0.1) is 0 Å². The van der Waals surface area contributed by atoms with E-state index in [0.717, 1.165) is 32.9 Å². The number of amides is 1. The third-order valence-corrected chi connectivity index (χ3v) is 4.01. The Morgan fingerprint density at radius 3 is 2.71 bits per heavy atom. The fourth-order valence-corrected chi connectivity index (χ4v) is 2.72. The molecule has 1 amide bonds. The molecule has 0 saturated heterocycles. The minimum atomic E-state index is -0.146. The van der Waals surface area contributed by atoms with Gasteiger partial charge in [-0.2, -0.15) is 0 Å². The Morgan fingerprint density at radius 1 is 1.04 bits per heavy atom. The summed E-state index contributed by atoms with van der Waals surface area (Å²) in [4.78, 5) is 29.2. The van der Waals surface area contributed by atoms with E-state index in [2.05, 4.69) is 25.9 Å². The molecule has 0 unspecified atom stereocenters. The monoisotopic (exact) mass is 380 g/mol. The van der Waals surface area contributed by atoms with Crippen molar-refractivity contribution in [1.82, 2.24) is 4.98 Å². The van der Waals surface area contributed by atoms with E-state index >= 15 is 0 Å². The number of nitrogens with zero attached hydrogens (tertiary/aromatic N) is 2. The van der Waals surface area contributed by atoms with Crippen molar-refractivity contribution < 1.29 is 9.59 Å². The quantitative estimate of drug-likeness (QED) is 0.631. The van der Waals surface area contributed by atoms with Crippen molar-refractivity contribution in [2.75, 3.05) is 0 Å². The molecule has 1 aliphatic heterocycles. The number of aldehydes is 1. The topological polar surface area (TPSA) is 59.4 Å². The lowest BCUT2D eigenvalue weighted by Crippen LogP contribution is -1.90. The summed E-state index contributed by atoms with van der Waals surface area (Å²) in [6, 6.07) is 17.2. The van der Waals surface area contributed by atoms with E-state index in [1.165, 1.54) is 0 Å². The average molecular weight is 381 g/mol. The SMILES string of the molecule is O=C1N=Cc2cc(Br)ccc21.O=CCc1ccc2ccccc2n1. The summed E-state index contributed by atoms with van der Waals surface area (Å²) in [5.74, 6) is -0.146. The van der Waals surface area contributed by atoms with Crippen molar-refractivity contribution in [2.45, 2.75) is 6.42 Å². The summed E-state index contributed by atoms with van der Waals surface area (Å²) in [7, 11) is 0. The van der Waals surface area contributed by atoms with Crippen molar-refractivity contribution in [3.8, 4) is 0 Å². The van der Waals surface area contributed by atoms with E-state index in [9.17, 15) is 9.59 Å². The first kappa shape index (κ1) is 16.2. The number of benzene rings is 2.